The number of rotatable bonds is 2. The van der Waals surface area contributed by atoms with E-state index in [2.05, 4.69) is 15.2 Å². The number of piperidine rings is 1. The van der Waals surface area contributed by atoms with Gasteiger partial charge >= 0.3 is 0 Å². The molecule has 0 radical (unpaired) electrons. The zero-order valence-electron chi connectivity index (χ0n) is 14.4. The second-order valence-corrected chi connectivity index (χ2v) is 7.01. The van der Waals surface area contributed by atoms with Crippen LogP contribution in [-0.4, -0.2) is 63.0 Å². The molecular weight excluding hydrogens is 322 g/mol. The van der Waals surface area contributed by atoms with Crippen molar-refractivity contribution in [2.24, 2.45) is 5.92 Å². The minimum absolute atomic E-state index is 0.0326. The van der Waals surface area contributed by atoms with Crippen molar-refractivity contribution in [2.45, 2.75) is 25.7 Å². The van der Waals surface area contributed by atoms with Gasteiger partial charge in [0.25, 0.3) is 5.91 Å². The smallest absolute Gasteiger partial charge is 0.257 e. The lowest BCUT2D eigenvalue weighted by atomic mass is 9.72. The second-order valence-electron chi connectivity index (χ2n) is 7.01. The summed E-state index contributed by atoms with van der Waals surface area (Å²) < 4.78 is 5.03. The van der Waals surface area contributed by atoms with Crippen LogP contribution in [0.4, 0.5) is 0 Å². The Balaban J connectivity index is 1.63. The molecule has 0 spiro atoms. The van der Waals surface area contributed by atoms with Gasteiger partial charge in [-0.3, -0.25) is 14.7 Å². The fourth-order valence-corrected chi connectivity index (χ4v) is 4.11. The van der Waals surface area contributed by atoms with Gasteiger partial charge in [0.05, 0.1) is 17.2 Å². The highest BCUT2D eigenvalue weighted by Crippen LogP contribution is 2.44. The van der Waals surface area contributed by atoms with E-state index in [1.165, 1.54) is 12.5 Å². The number of aromatic nitrogens is 3. The molecule has 2 aromatic heterocycles. The van der Waals surface area contributed by atoms with Gasteiger partial charge in [0, 0.05) is 39.0 Å². The van der Waals surface area contributed by atoms with Gasteiger partial charge in [-0.25, -0.2) is 4.98 Å². The number of amides is 2. The first-order valence-electron chi connectivity index (χ1n) is 8.46. The Hall–Kier alpha value is -2.64. The van der Waals surface area contributed by atoms with Crippen molar-refractivity contribution in [1.82, 2.24) is 25.0 Å². The second kappa shape index (κ2) is 5.72. The van der Waals surface area contributed by atoms with Crippen molar-refractivity contribution in [3.05, 3.63) is 35.8 Å². The van der Waals surface area contributed by atoms with Crippen molar-refractivity contribution in [3.8, 4) is 0 Å². The van der Waals surface area contributed by atoms with Crippen molar-refractivity contribution in [1.29, 1.82) is 0 Å². The average molecular weight is 343 g/mol. The molecule has 0 unspecified atom stereocenters. The fraction of sp³-hybridized carbons (Fsp3) is 0.529. The molecule has 132 valence electrons. The number of aromatic amines is 1. The molecule has 8 heteroatoms. The summed E-state index contributed by atoms with van der Waals surface area (Å²) >= 11 is 0. The Morgan fingerprint density at radius 1 is 1.36 bits per heavy atom. The molecular formula is C17H21N5O3. The van der Waals surface area contributed by atoms with Crippen LogP contribution in [0.3, 0.4) is 0 Å². The third-order valence-electron chi connectivity index (χ3n) is 5.51. The zero-order chi connectivity index (χ0) is 17.6. The number of nitrogens with one attached hydrogen (secondary N) is 1. The number of furan rings is 1. The number of nitrogens with zero attached hydrogens (tertiary/aromatic N) is 4. The van der Waals surface area contributed by atoms with Crippen molar-refractivity contribution >= 4 is 11.8 Å². The van der Waals surface area contributed by atoms with Gasteiger partial charge < -0.3 is 14.2 Å². The van der Waals surface area contributed by atoms with Crippen LogP contribution in [0.15, 0.2) is 23.0 Å². The number of H-pyrrole nitrogens is 1. The molecule has 2 fully saturated rings. The summed E-state index contributed by atoms with van der Waals surface area (Å²) in [5.74, 6) is 1.66. The molecule has 25 heavy (non-hydrogen) atoms. The van der Waals surface area contributed by atoms with Gasteiger partial charge in [-0.1, -0.05) is 0 Å². The number of fused-ring (bicyclic) bond motifs is 1. The van der Waals surface area contributed by atoms with E-state index in [1.54, 1.807) is 13.0 Å². The molecule has 1 N–H and O–H groups in total. The third-order valence-corrected chi connectivity index (χ3v) is 5.51. The Morgan fingerprint density at radius 2 is 2.16 bits per heavy atom. The first kappa shape index (κ1) is 15.9. The lowest BCUT2D eigenvalue weighted by Gasteiger charge is -2.41. The molecule has 4 rings (SSSR count). The van der Waals surface area contributed by atoms with Crippen LogP contribution in [-0.2, 0) is 10.2 Å². The minimum Gasteiger partial charge on any atom is -0.472 e. The molecule has 2 aliphatic rings. The van der Waals surface area contributed by atoms with Crippen LogP contribution < -0.4 is 0 Å². The molecule has 2 aromatic rings. The quantitative estimate of drug-likeness (QED) is 0.876. The molecule has 0 aliphatic carbocycles. The number of likely N-dealkylation sites (tertiary alicyclic amines) is 2. The fourth-order valence-electron chi connectivity index (χ4n) is 4.11. The normalized spacial score (nSPS) is 25.9. The molecule has 0 bridgehead atoms. The highest BCUT2D eigenvalue weighted by Gasteiger charge is 2.54. The molecule has 0 saturated carbocycles. The summed E-state index contributed by atoms with van der Waals surface area (Å²) in [6.07, 6.45) is 3.71. The molecule has 0 aromatic carbocycles. The lowest BCUT2D eigenvalue weighted by molar-refractivity contribution is -0.128. The Bertz CT molecular complexity index is 799. The van der Waals surface area contributed by atoms with Crippen LogP contribution in [0.25, 0.3) is 0 Å². The van der Waals surface area contributed by atoms with Crippen molar-refractivity contribution < 1.29 is 14.0 Å². The maximum atomic E-state index is 12.7. The summed E-state index contributed by atoms with van der Waals surface area (Å²) in [6.45, 7) is 5.89. The SMILES string of the molecule is CC(=O)N1C[C@H]2CN(C(=O)c3ccoc3)CC[C@@]2(c2n[nH]c(C)n2)C1. The topological polar surface area (TPSA) is 95.3 Å². The van der Waals surface area contributed by atoms with E-state index in [-0.39, 0.29) is 23.1 Å². The largest absolute Gasteiger partial charge is 0.472 e. The summed E-state index contributed by atoms with van der Waals surface area (Å²) in [4.78, 5) is 32.9. The number of carbonyl (C=O) groups is 2. The van der Waals surface area contributed by atoms with E-state index < -0.39 is 0 Å². The maximum Gasteiger partial charge on any atom is 0.257 e. The van der Waals surface area contributed by atoms with Gasteiger partial charge in [-0.05, 0) is 19.4 Å². The van der Waals surface area contributed by atoms with Gasteiger partial charge in [0.1, 0.15) is 12.1 Å². The molecule has 2 aliphatic heterocycles. The number of aryl methyl sites for hydroxylation is 1. The maximum absolute atomic E-state index is 12.7. The molecule has 2 saturated heterocycles. The third kappa shape index (κ3) is 2.52. The van der Waals surface area contributed by atoms with E-state index in [9.17, 15) is 9.59 Å². The minimum atomic E-state index is -0.288. The highest BCUT2D eigenvalue weighted by atomic mass is 16.3. The summed E-state index contributed by atoms with van der Waals surface area (Å²) in [6, 6.07) is 1.68. The molecule has 2 atom stereocenters. The molecule has 2 amide bonds. The Morgan fingerprint density at radius 3 is 2.80 bits per heavy atom. The van der Waals surface area contributed by atoms with Crippen LogP contribution in [0.2, 0.25) is 0 Å². The summed E-state index contributed by atoms with van der Waals surface area (Å²) in [5.41, 5.74) is 0.270. The van der Waals surface area contributed by atoms with E-state index >= 15 is 0 Å². The van der Waals surface area contributed by atoms with Crippen LogP contribution in [0.1, 0.15) is 35.4 Å². The Kier molecular flexibility index (Phi) is 3.63. The van der Waals surface area contributed by atoms with Crippen molar-refractivity contribution in [2.75, 3.05) is 26.2 Å². The number of hydrogen-bond acceptors (Lipinski definition) is 5. The average Bonchev–Trinajstić information content (AvgIpc) is 3.32. The monoisotopic (exact) mass is 343 g/mol. The van der Waals surface area contributed by atoms with Gasteiger partial charge in [0.2, 0.25) is 5.91 Å². The Labute approximate surface area is 145 Å². The van der Waals surface area contributed by atoms with Crippen LogP contribution in [0.5, 0.6) is 0 Å². The molecule has 8 nitrogen and oxygen atoms in total. The summed E-state index contributed by atoms with van der Waals surface area (Å²) in [7, 11) is 0. The van der Waals surface area contributed by atoms with Crippen LogP contribution >= 0.6 is 0 Å². The predicted octanol–water partition coefficient (Wildman–Crippen LogP) is 0.968. The highest BCUT2D eigenvalue weighted by molar-refractivity contribution is 5.94. The van der Waals surface area contributed by atoms with E-state index in [4.69, 9.17) is 4.42 Å². The lowest BCUT2D eigenvalue weighted by Crippen LogP contribution is -2.51. The molecule has 4 heterocycles. The summed E-state index contributed by atoms with van der Waals surface area (Å²) in [5, 5.41) is 7.31. The first-order chi connectivity index (χ1) is 12.0. The van der Waals surface area contributed by atoms with Gasteiger partial charge in [-0.2, -0.15) is 5.10 Å². The van der Waals surface area contributed by atoms with Crippen LogP contribution in [0, 0.1) is 12.8 Å². The number of carbonyl (C=O) groups excluding carboxylic acids is 2. The van der Waals surface area contributed by atoms with Gasteiger partial charge in [-0.15, -0.1) is 0 Å². The first-order valence-corrected chi connectivity index (χ1v) is 8.46. The zero-order valence-corrected chi connectivity index (χ0v) is 14.4. The van der Waals surface area contributed by atoms with Crippen molar-refractivity contribution in [3.63, 3.8) is 0 Å². The van der Waals surface area contributed by atoms with E-state index in [0.717, 1.165) is 18.1 Å². The van der Waals surface area contributed by atoms with E-state index in [0.29, 0.717) is 31.7 Å². The van der Waals surface area contributed by atoms with Gasteiger partial charge in [0.15, 0.2) is 5.82 Å². The number of hydrogen-bond donors (Lipinski definition) is 1. The predicted molar refractivity (Wildman–Crippen MR) is 87.8 cm³/mol. The van der Waals surface area contributed by atoms with E-state index in [1.807, 2.05) is 16.7 Å². The standard InChI is InChI=1S/C17H21N5O3/c1-11-18-16(20-19-11)17-4-5-21(15(24)13-3-6-25-9-13)7-14(17)8-22(10-17)12(2)23/h3,6,9,14H,4-5,7-8,10H2,1-2H3,(H,18,19,20)/t14-,17-/m1/s1.